The van der Waals surface area contributed by atoms with Gasteiger partial charge >= 0.3 is 0 Å². The second kappa shape index (κ2) is 6.10. The second-order valence-corrected chi connectivity index (χ2v) is 4.68. The number of benzene rings is 2. The number of imidazole rings is 1. The van der Waals surface area contributed by atoms with Gasteiger partial charge < -0.3 is 15.6 Å². The molecule has 1 aromatic heterocycles. The van der Waals surface area contributed by atoms with E-state index in [-0.39, 0.29) is 0 Å². The van der Waals surface area contributed by atoms with Gasteiger partial charge in [-0.2, -0.15) is 0 Å². The van der Waals surface area contributed by atoms with E-state index in [1.54, 1.807) is 0 Å². The summed E-state index contributed by atoms with van der Waals surface area (Å²) in [4.78, 5) is 7.74. The van der Waals surface area contributed by atoms with E-state index in [1.807, 2.05) is 42.5 Å². The summed E-state index contributed by atoms with van der Waals surface area (Å²) in [7, 11) is 0. The van der Waals surface area contributed by atoms with E-state index in [2.05, 4.69) is 32.7 Å². The molecule has 20 heavy (non-hydrogen) atoms. The van der Waals surface area contributed by atoms with Crippen molar-refractivity contribution in [2.45, 2.75) is 6.42 Å². The standard InChI is InChI=1S/C16H18N4/c1-2-7-13(8-3-1)17-11-6-12-18-16-19-14-9-4-5-10-15(14)20-16/h1-5,7-10,17H,6,11-12H2,(H2,18,19,20). The Morgan fingerprint density at radius 3 is 2.45 bits per heavy atom. The van der Waals surface area contributed by atoms with Crippen LogP contribution in [0.2, 0.25) is 0 Å². The first kappa shape index (κ1) is 12.5. The summed E-state index contributed by atoms with van der Waals surface area (Å²) >= 11 is 0. The lowest BCUT2D eigenvalue weighted by atomic mass is 10.3. The lowest BCUT2D eigenvalue weighted by molar-refractivity contribution is 0.900. The lowest BCUT2D eigenvalue weighted by Crippen LogP contribution is -2.09. The number of fused-ring (bicyclic) bond motifs is 1. The Kier molecular flexibility index (Phi) is 3.83. The molecule has 0 aliphatic carbocycles. The summed E-state index contributed by atoms with van der Waals surface area (Å²) in [5, 5.41) is 6.70. The molecule has 3 rings (SSSR count). The Bertz CT molecular complexity index is 627. The van der Waals surface area contributed by atoms with Crippen molar-refractivity contribution in [2.75, 3.05) is 23.7 Å². The maximum Gasteiger partial charge on any atom is 0.201 e. The number of anilines is 2. The molecule has 0 unspecified atom stereocenters. The molecule has 0 fully saturated rings. The molecule has 0 atom stereocenters. The molecule has 0 bridgehead atoms. The molecule has 0 amide bonds. The highest BCUT2D eigenvalue weighted by atomic mass is 15.1. The predicted molar refractivity (Wildman–Crippen MR) is 84.1 cm³/mol. The van der Waals surface area contributed by atoms with Gasteiger partial charge in [-0.25, -0.2) is 4.98 Å². The summed E-state index contributed by atoms with van der Waals surface area (Å²) in [6.45, 7) is 1.83. The summed E-state index contributed by atoms with van der Waals surface area (Å²) in [5.74, 6) is 0.839. The van der Waals surface area contributed by atoms with Crippen molar-refractivity contribution < 1.29 is 0 Å². The largest absolute Gasteiger partial charge is 0.385 e. The van der Waals surface area contributed by atoms with Crippen LogP contribution in [0.1, 0.15) is 6.42 Å². The molecular formula is C16H18N4. The SMILES string of the molecule is c1ccc(NCCCNc2nc3ccccc3[nH]2)cc1. The Balaban J connectivity index is 1.43. The predicted octanol–water partition coefficient (Wildman–Crippen LogP) is 3.48. The van der Waals surface area contributed by atoms with Gasteiger partial charge in [0.1, 0.15) is 0 Å². The first-order valence-electron chi connectivity index (χ1n) is 6.89. The third-order valence-corrected chi connectivity index (χ3v) is 3.14. The minimum Gasteiger partial charge on any atom is -0.385 e. The van der Waals surface area contributed by atoms with E-state index < -0.39 is 0 Å². The third-order valence-electron chi connectivity index (χ3n) is 3.14. The van der Waals surface area contributed by atoms with Gasteiger partial charge in [-0.1, -0.05) is 30.3 Å². The summed E-state index contributed by atoms with van der Waals surface area (Å²) < 4.78 is 0. The van der Waals surface area contributed by atoms with Crippen LogP contribution in [0.25, 0.3) is 11.0 Å². The maximum atomic E-state index is 4.48. The van der Waals surface area contributed by atoms with Crippen molar-refractivity contribution in [3.05, 3.63) is 54.6 Å². The maximum absolute atomic E-state index is 4.48. The molecule has 4 heteroatoms. The zero-order valence-corrected chi connectivity index (χ0v) is 11.3. The molecule has 102 valence electrons. The molecule has 0 spiro atoms. The third kappa shape index (κ3) is 3.09. The minimum absolute atomic E-state index is 0.839. The second-order valence-electron chi connectivity index (χ2n) is 4.68. The van der Waals surface area contributed by atoms with Gasteiger partial charge in [-0.05, 0) is 30.7 Å². The van der Waals surface area contributed by atoms with Crippen molar-refractivity contribution >= 4 is 22.7 Å². The molecule has 0 radical (unpaired) electrons. The topological polar surface area (TPSA) is 52.7 Å². The van der Waals surface area contributed by atoms with E-state index in [9.17, 15) is 0 Å². The number of nitrogens with one attached hydrogen (secondary N) is 3. The Morgan fingerprint density at radius 1 is 0.850 bits per heavy atom. The lowest BCUT2D eigenvalue weighted by Gasteiger charge is -2.06. The highest BCUT2D eigenvalue weighted by molar-refractivity contribution is 5.77. The molecule has 0 saturated heterocycles. The van der Waals surface area contributed by atoms with Crippen LogP contribution in [0.5, 0.6) is 0 Å². The van der Waals surface area contributed by atoms with E-state index >= 15 is 0 Å². The van der Waals surface area contributed by atoms with Crippen LogP contribution in [0.3, 0.4) is 0 Å². The van der Waals surface area contributed by atoms with Crippen LogP contribution in [-0.2, 0) is 0 Å². The monoisotopic (exact) mass is 266 g/mol. The van der Waals surface area contributed by atoms with E-state index in [0.717, 1.165) is 42.2 Å². The molecule has 0 aliphatic rings. The Hall–Kier alpha value is -2.49. The van der Waals surface area contributed by atoms with Crippen LogP contribution in [0.15, 0.2) is 54.6 Å². The number of nitrogens with zero attached hydrogens (tertiary/aromatic N) is 1. The number of hydrogen-bond donors (Lipinski definition) is 3. The molecule has 1 heterocycles. The number of aromatic amines is 1. The zero-order valence-electron chi connectivity index (χ0n) is 11.3. The highest BCUT2D eigenvalue weighted by Crippen LogP contribution is 2.13. The molecule has 3 aromatic rings. The van der Waals surface area contributed by atoms with Crippen LogP contribution >= 0.6 is 0 Å². The van der Waals surface area contributed by atoms with Gasteiger partial charge in [-0.3, -0.25) is 0 Å². The molecular weight excluding hydrogens is 248 g/mol. The van der Waals surface area contributed by atoms with E-state index in [1.165, 1.54) is 0 Å². The van der Waals surface area contributed by atoms with E-state index in [0.29, 0.717) is 0 Å². The van der Waals surface area contributed by atoms with Crippen molar-refractivity contribution in [3.63, 3.8) is 0 Å². The number of rotatable bonds is 6. The van der Waals surface area contributed by atoms with Crippen molar-refractivity contribution in [3.8, 4) is 0 Å². The normalized spacial score (nSPS) is 10.6. The smallest absolute Gasteiger partial charge is 0.201 e. The van der Waals surface area contributed by atoms with Crippen molar-refractivity contribution in [1.29, 1.82) is 0 Å². The van der Waals surface area contributed by atoms with Gasteiger partial charge in [0.05, 0.1) is 11.0 Å². The molecule has 3 N–H and O–H groups in total. The molecule has 0 aliphatic heterocycles. The summed E-state index contributed by atoms with van der Waals surface area (Å²) in [6.07, 6.45) is 1.03. The van der Waals surface area contributed by atoms with Gasteiger partial charge in [0.25, 0.3) is 0 Å². The first-order valence-corrected chi connectivity index (χ1v) is 6.89. The fourth-order valence-corrected chi connectivity index (χ4v) is 2.12. The Labute approximate surface area is 118 Å². The number of H-pyrrole nitrogens is 1. The van der Waals surface area contributed by atoms with Crippen molar-refractivity contribution in [2.24, 2.45) is 0 Å². The number of para-hydroxylation sites is 3. The van der Waals surface area contributed by atoms with Crippen LogP contribution < -0.4 is 10.6 Å². The Morgan fingerprint density at radius 2 is 1.60 bits per heavy atom. The zero-order chi connectivity index (χ0) is 13.6. The number of hydrogen-bond acceptors (Lipinski definition) is 3. The highest BCUT2D eigenvalue weighted by Gasteiger charge is 2.00. The quantitative estimate of drug-likeness (QED) is 0.599. The fourth-order valence-electron chi connectivity index (χ4n) is 2.12. The molecule has 2 aromatic carbocycles. The van der Waals surface area contributed by atoms with Crippen LogP contribution in [0, 0.1) is 0 Å². The van der Waals surface area contributed by atoms with E-state index in [4.69, 9.17) is 0 Å². The average Bonchev–Trinajstić information content (AvgIpc) is 2.90. The average molecular weight is 266 g/mol. The van der Waals surface area contributed by atoms with Gasteiger partial charge in [0.15, 0.2) is 0 Å². The van der Waals surface area contributed by atoms with Crippen LogP contribution in [0.4, 0.5) is 11.6 Å². The molecule has 0 saturated carbocycles. The molecule has 4 nitrogen and oxygen atoms in total. The van der Waals surface area contributed by atoms with Crippen molar-refractivity contribution in [1.82, 2.24) is 9.97 Å². The first-order chi connectivity index (χ1) is 9.92. The van der Waals surface area contributed by atoms with Crippen LogP contribution in [-0.4, -0.2) is 23.1 Å². The number of aromatic nitrogens is 2. The van der Waals surface area contributed by atoms with Gasteiger partial charge in [0, 0.05) is 18.8 Å². The minimum atomic E-state index is 0.839. The van der Waals surface area contributed by atoms with Gasteiger partial charge in [0.2, 0.25) is 5.95 Å². The van der Waals surface area contributed by atoms with Gasteiger partial charge in [-0.15, -0.1) is 0 Å². The summed E-state index contributed by atoms with van der Waals surface area (Å²) in [6, 6.07) is 18.3. The fraction of sp³-hybridized carbons (Fsp3) is 0.188. The summed E-state index contributed by atoms with van der Waals surface area (Å²) in [5.41, 5.74) is 3.23.